The van der Waals surface area contributed by atoms with Crippen molar-refractivity contribution in [1.82, 2.24) is 10.2 Å². The molecule has 1 aliphatic carbocycles. The van der Waals surface area contributed by atoms with E-state index in [1.807, 2.05) is 0 Å². The third kappa shape index (κ3) is 3.18. The zero-order valence-electron chi connectivity index (χ0n) is 12.5. The van der Waals surface area contributed by atoms with Gasteiger partial charge in [0, 0.05) is 25.2 Å². The Morgan fingerprint density at radius 3 is 2.27 bits per heavy atom. The van der Waals surface area contributed by atoms with Crippen LogP contribution in [0, 0.1) is 5.41 Å². The number of rotatable bonds is 8. The quantitative estimate of drug-likeness (QED) is 0.369. The molecule has 0 aromatic rings. The minimum Gasteiger partial charge on any atom is -0.369 e. The van der Waals surface area contributed by atoms with E-state index in [1.165, 1.54) is 17.1 Å². The van der Waals surface area contributed by atoms with Crippen LogP contribution in [0.3, 0.4) is 0 Å². The summed E-state index contributed by atoms with van der Waals surface area (Å²) in [5, 5.41) is 2.75. The lowest BCUT2D eigenvalue weighted by atomic mass is 9.67. The van der Waals surface area contributed by atoms with Crippen molar-refractivity contribution in [3.05, 3.63) is 12.2 Å². The van der Waals surface area contributed by atoms with Crippen molar-refractivity contribution in [2.75, 3.05) is 13.1 Å². The zero-order chi connectivity index (χ0) is 16.2. The number of nitrogens with two attached hydrogens (primary N) is 1. The molecule has 1 fully saturated rings. The zero-order valence-corrected chi connectivity index (χ0v) is 12.5. The summed E-state index contributed by atoms with van der Waals surface area (Å²) in [4.78, 5) is 47.2. The number of amides is 4. The van der Waals surface area contributed by atoms with Crippen LogP contribution in [-0.2, 0) is 19.2 Å². The van der Waals surface area contributed by atoms with Crippen molar-refractivity contribution in [1.29, 1.82) is 0 Å². The SMILES string of the molecule is NC(=O)C1(C(=O)NCCCCCN2C(=O)C=CC2=O)CCC1. The van der Waals surface area contributed by atoms with Gasteiger partial charge in [0.15, 0.2) is 0 Å². The number of carbonyl (C=O) groups excluding carboxylic acids is 4. The predicted octanol–water partition coefficient (Wildman–Crippen LogP) is -0.147. The van der Waals surface area contributed by atoms with Gasteiger partial charge in [-0.05, 0) is 32.1 Å². The van der Waals surface area contributed by atoms with Gasteiger partial charge >= 0.3 is 0 Å². The Morgan fingerprint density at radius 2 is 1.77 bits per heavy atom. The van der Waals surface area contributed by atoms with E-state index in [2.05, 4.69) is 5.32 Å². The second-order valence-electron chi connectivity index (χ2n) is 5.78. The second kappa shape index (κ2) is 6.72. The highest BCUT2D eigenvalue weighted by Gasteiger charge is 2.49. The van der Waals surface area contributed by atoms with Crippen molar-refractivity contribution >= 4 is 23.6 Å². The molecule has 0 radical (unpaired) electrons. The summed E-state index contributed by atoms with van der Waals surface area (Å²) in [6.07, 6.45) is 6.64. The van der Waals surface area contributed by atoms with Gasteiger partial charge in [-0.3, -0.25) is 24.1 Å². The predicted molar refractivity (Wildman–Crippen MR) is 78.2 cm³/mol. The molecule has 1 saturated carbocycles. The Labute approximate surface area is 128 Å². The highest BCUT2D eigenvalue weighted by atomic mass is 16.2. The minimum absolute atomic E-state index is 0.272. The van der Waals surface area contributed by atoms with Crippen molar-refractivity contribution in [3.63, 3.8) is 0 Å². The van der Waals surface area contributed by atoms with E-state index in [-0.39, 0.29) is 17.7 Å². The van der Waals surface area contributed by atoms with Gasteiger partial charge in [0.1, 0.15) is 5.41 Å². The average molecular weight is 307 g/mol. The first kappa shape index (κ1) is 16.2. The molecule has 22 heavy (non-hydrogen) atoms. The monoisotopic (exact) mass is 307 g/mol. The van der Waals surface area contributed by atoms with E-state index in [0.717, 1.165) is 19.3 Å². The third-order valence-corrected chi connectivity index (χ3v) is 4.36. The number of hydrogen-bond donors (Lipinski definition) is 2. The first-order valence-corrected chi connectivity index (χ1v) is 7.59. The average Bonchev–Trinajstić information content (AvgIpc) is 2.72. The molecule has 1 aliphatic heterocycles. The largest absolute Gasteiger partial charge is 0.369 e. The molecule has 7 heteroatoms. The molecule has 7 nitrogen and oxygen atoms in total. The first-order valence-electron chi connectivity index (χ1n) is 7.59. The summed E-state index contributed by atoms with van der Waals surface area (Å²) in [5.74, 6) is -1.37. The summed E-state index contributed by atoms with van der Waals surface area (Å²) in [6, 6.07) is 0. The smallest absolute Gasteiger partial charge is 0.253 e. The Kier molecular flexibility index (Phi) is 4.95. The molecule has 0 spiro atoms. The Balaban J connectivity index is 1.60. The number of imide groups is 1. The van der Waals surface area contributed by atoms with Crippen LogP contribution >= 0.6 is 0 Å². The van der Waals surface area contributed by atoms with Crippen LogP contribution in [0.2, 0.25) is 0 Å². The van der Waals surface area contributed by atoms with E-state index in [1.54, 1.807) is 0 Å². The number of primary amides is 1. The lowest BCUT2D eigenvalue weighted by Crippen LogP contribution is -2.54. The van der Waals surface area contributed by atoms with Crippen LogP contribution in [0.15, 0.2) is 12.2 Å². The number of hydrogen-bond acceptors (Lipinski definition) is 4. The number of carbonyl (C=O) groups is 4. The summed E-state index contributed by atoms with van der Waals surface area (Å²) in [5.41, 5.74) is 4.31. The summed E-state index contributed by atoms with van der Waals surface area (Å²) >= 11 is 0. The van der Waals surface area contributed by atoms with Gasteiger partial charge in [0.2, 0.25) is 11.8 Å². The van der Waals surface area contributed by atoms with Gasteiger partial charge in [-0.25, -0.2) is 0 Å². The van der Waals surface area contributed by atoms with Crippen LogP contribution in [-0.4, -0.2) is 41.6 Å². The molecule has 0 aromatic heterocycles. The van der Waals surface area contributed by atoms with Gasteiger partial charge in [-0.2, -0.15) is 0 Å². The molecule has 0 bridgehead atoms. The molecular weight excluding hydrogens is 286 g/mol. The van der Waals surface area contributed by atoms with E-state index in [9.17, 15) is 19.2 Å². The highest BCUT2D eigenvalue weighted by Crippen LogP contribution is 2.40. The van der Waals surface area contributed by atoms with E-state index < -0.39 is 11.3 Å². The molecule has 120 valence electrons. The molecular formula is C15H21N3O4. The van der Waals surface area contributed by atoms with Crippen molar-refractivity contribution in [3.8, 4) is 0 Å². The Bertz CT molecular complexity index is 505. The fourth-order valence-corrected chi connectivity index (χ4v) is 2.71. The fourth-order valence-electron chi connectivity index (χ4n) is 2.71. The second-order valence-corrected chi connectivity index (χ2v) is 5.78. The third-order valence-electron chi connectivity index (χ3n) is 4.36. The lowest BCUT2D eigenvalue weighted by Gasteiger charge is -2.36. The van der Waals surface area contributed by atoms with Crippen LogP contribution in [0.25, 0.3) is 0 Å². The van der Waals surface area contributed by atoms with E-state index in [0.29, 0.717) is 32.4 Å². The molecule has 0 aromatic carbocycles. The maximum atomic E-state index is 12.0. The number of unbranched alkanes of at least 4 members (excludes halogenated alkanes) is 2. The Hall–Kier alpha value is -2.18. The Morgan fingerprint density at radius 1 is 1.14 bits per heavy atom. The van der Waals surface area contributed by atoms with E-state index in [4.69, 9.17) is 5.73 Å². The van der Waals surface area contributed by atoms with Gasteiger partial charge in [-0.15, -0.1) is 0 Å². The van der Waals surface area contributed by atoms with Crippen LogP contribution < -0.4 is 11.1 Å². The normalized spacial score (nSPS) is 19.2. The maximum absolute atomic E-state index is 12.0. The topological polar surface area (TPSA) is 110 Å². The molecule has 2 aliphatic rings. The molecule has 2 rings (SSSR count). The van der Waals surface area contributed by atoms with Crippen molar-refractivity contribution in [2.24, 2.45) is 11.1 Å². The van der Waals surface area contributed by atoms with E-state index >= 15 is 0 Å². The molecule has 3 N–H and O–H groups in total. The number of nitrogens with one attached hydrogen (secondary N) is 1. The summed E-state index contributed by atoms with van der Waals surface area (Å²) in [7, 11) is 0. The minimum atomic E-state index is -1.000. The van der Waals surface area contributed by atoms with Gasteiger partial charge < -0.3 is 11.1 Å². The molecule has 4 amide bonds. The standard InChI is InChI=1S/C15H21N3O4/c16-13(21)15(7-4-8-15)14(22)17-9-2-1-3-10-18-11(19)5-6-12(18)20/h5-6H,1-4,7-10H2,(H2,16,21)(H,17,22). The summed E-state index contributed by atoms with van der Waals surface area (Å²) < 4.78 is 0. The molecule has 0 unspecified atom stereocenters. The summed E-state index contributed by atoms with van der Waals surface area (Å²) in [6.45, 7) is 0.859. The van der Waals surface area contributed by atoms with Gasteiger partial charge in [0.25, 0.3) is 11.8 Å². The first-order chi connectivity index (χ1) is 10.5. The van der Waals surface area contributed by atoms with Crippen LogP contribution in [0.1, 0.15) is 38.5 Å². The van der Waals surface area contributed by atoms with Crippen molar-refractivity contribution in [2.45, 2.75) is 38.5 Å². The van der Waals surface area contributed by atoms with Crippen LogP contribution in [0.4, 0.5) is 0 Å². The molecule has 0 atom stereocenters. The lowest BCUT2D eigenvalue weighted by molar-refractivity contribution is -0.147. The maximum Gasteiger partial charge on any atom is 0.253 e. The number of nitrogens with zero attached hydrogens (tertiary/aromatic N) is 1. The van der Waals surface area contributed by atoms with Crippen molar-refractivity contribution < 1.29 is 19.2 Å². The van der Waals surface area contributed by atoms with Gasteiger partial charge in [-0.1, -0.05) is 6.42 Å². The fraction of sp³-hybridized carbons (Fsp3) is 0.600. The highest BCUT2D eigenvalue weighted by molar-refractivity contribution is 6.12. The molecule has 0 saturated heterocycles. The molecule has 1 heterocycles. The van der Waals surface area contributed by atoms with Crippen LogP contribution in [0.5, 0.6) is 0 Å². The van der Waals surface area contributed by atoms with Gasteiger partial charge in [0.05, 0.1) is 0 Å².